The number of nitrogens with zero attached hydrogens (tertiary/aromatic N) is 3. The highest BCUT2D eigenvalue weighted by molar-refractivity contribution is 5.26. The number of rotatable bonds is 4. The van der Waals surface area contributed by atoms with Crippen molar-refractivity contribution >= 4 is 0 Å². The van der Waals surface area contributed by atoms with Crippen molar-refractivity contribution < 1.29 is 0 Å². The van der Waals surface area contributed by atoms with Crippen LogP contribution >= 0.6 is 0 Å². The van der Waals surface area contributed by atoms with Crippen LogP contribution in [0.1, 0.15) is 50.8 Å². The Morgan fingerprint density at radius 1 is 1.25 bits per heavy atom. The Morgan fingerprint density at radius 3 is 2.65 bits per heavy atom. The molecule has 2 heterocycles. The van der Waals surface area contributed by atoms with Crippen molar-refractivity contribution in [3.05, 3.63) is 41.9 Å². The van der Waals surface area contributed by atoms with Gasteiger partial charge in [0.2, 0.25) is 0 Å². The van der Waals surface area contributed by atoms with Gasteiger partial charge in [0, 0.05) is 30.4 Å². The highest BCUT2D eigenvalue weighted by Gasteiger charge is 2.25. The summed E-state index contributed by atoms with van der Waals surface area (Å²) in [6.45, 7) is 7.33. The molecule has 0 unspecified atom stereocenters. The van der Waals surface area contributed by atoms with E-state index in [1.807, 2.05) is 23.1 Å². The van der Waals surface area contributed by atoms with Gasteiger partial charge in [-0.05, 0) is 51.3 Å². The standard InChI is InChI=1S/C16H22N4/c1-16(2,3)18-11-12-4-7-15(17-10-12)20-9-8-14(19-20)13-5-6-13/h4,7-10,13,18H,5-6,11H2,1-3H3. The molecule has 0 amide bonds. The maximum absolute atomic E-state index is 4.60. The molecule has 1 aliphatic carbocycles. The Kier molecular flexibility index (Phi) is 3.34. The summed E-state index contributed by atoms with van der Waals surface area (Å²) in [5.74, 6) is 1.57. The second-order valence-corrected chi connectivity index (χ2v) is 6.59. The maximum atomic E-state index is 4.60. The van der Waals surface area contributed by atoms with E-state index in [0.29, 0.717) is 5.92 Å². The monoisotopic (exact) mass is 270 g/mol. The average molecular weight is 270 g/mol. The fourth-order valence-corrected chi connectivity index (χ4v) is 2.09. The molecule has 4 heteroatoms. The van der Waals surface area contributed by atoms with E-state index < -0.39 is 0 Å². The highest BCUT2D eigenvalue weighted by atomic mass is 15.3. The van der Waals surface area contributed by atoms with Crippen LogP contribution in [0.5, 0.6) is 0 Å². The molecule has 0 radical (unpaired) electrons. The molecule has 4 nitrogen and oxygen atoms in total. The Bertz CT molecular complexity index is 573. The first kappa shape index (κ1) is 13.3. The molecule has 1 fully saturated rings. The second-order valence-electron chi connectivity index (χ2n) is 6.59. The lowest BCUT2D eigenvalue weighted by Crippen LogP contribution is -2.35. The van der Waals surface area contributed by atoms with E-state index in [0.717, 1.165) is 12.4 Å². The number of hydrogen-bond acceptors (Lipinski definition) is 3. The fraction of sp³-hybridized carbons (Fsp3) is 0.500. The zero-order valence-electron chi connectivity index (χ0n) is 12.4. The maximum Gasteiger partial charge on any atom is 0.153 e. The van der Waals surface area contributed by atoms with Gasteiger partial charge in [0.15, 0.2) is 5.82 Å². The van der Waals surface area contributed by atoms with Gasteiger partial charge >= 0.3 is 0 Å². The predicted octanol–water partition coefficient (Wildman–Crippen LogP) is 3.03. The molecule has 3 rings (SSSR count). The highest BCUT2D eigenvalue weighted by Crippen LogP contribution is 2.38. The molecule has 0 bridgehead atoms. The summed E-state index contributed by atoms with van der Waals surface area (Å²) >= 11 is 0. The lowest BCUT2D eigenvalue weighted by Gasteiger charge is -2.20. The number of hydrogen-bond donors (Lipinski definition) is 1. The van der Waals surface area contributed by atoms with E-state index in [4.69, 9.17) is 0 Å². The Balaban J connectivity index is 1.68. The predicted molar refractivity (Wildman–Crippen MR) is 79.9 cm³/mol. The molecule has 1 aliphatic rings. The van der Waals surface area contributed by atoms with Crippen LogP contribution in [0.3, 0.4) is 0 Å². The molecule has 106 valence electrons. The molecule has 0 saturated heterocycles. The van der Waals surface area contributed by atoms with Crippen molar-refractivity contribution in [2.75, 3.05) is 0 Å². The van der Waals surface area contributed by atoms with E-state index in [1.54, 1.807) is 0 Å². The summed E-state index contributed by atoms with van der Waals surface area (Å²) in [6.07, 6.45) is 6.49. The summed E-state index contributed by atoms with van der Waals surface area (Å²) in [7, 11) is 0. The summed E-state index contributed by atoms with van der Waals surface area (Å²) in [5.41, 5.74) is 2.52. The number of pyridine rings is 1. The molecule has 2 aromatic rings. The summed E-state index contributed by atoms with van der Waals surface area (Å²) in [6, 6.07) is 6.25. The third kappa shape index (κ3) is 3.25. The van der Waals surface area contributed by atoms with Crippen LogP contribution in [0.15, 0.2) is 30.6 Å². The minimum absolute atomic E-state index is 0.125. The number of aromatic nitrogens is 3. The van der Waals surface area contributed by atoms with Crippen LogP contribution in [0.2, 0.25) is 0 Å². The van der Waals surface area contributed by atoms with Gasteiger partial charge in [-0.15, -0.1) is 0 Å². The van der Waals surface area contributed by atoms with Gasteiger partial charge in [-0.2, -0.15) is 5.10 Å². The van der Waals surface area contributed by atoms with E-state index in [-0.39, 0.29) is 5.54 Å². The van der Waals surface area contributed by atoms with Crippen molar-refractivity contribution in [1.82, 2.24) is 20.1 Å². The topological polar surface area (TPSA) is 42.7 Å². The van der Waals surface area contributed by atoms with Gasteiger partial charge < -0.3 is 5.32 Å². The van der Waals surface area contributed by atoms with E-state index in [2.05, 4.69) is 48.3 Å². The second kappa shape index (κ2) is 5.02. The molecule has 2 aromatic heterocycles. The Labute approximate surface area is 120 Å². The van der Waals surface area contributed by atoms with Crippen LogP contribution in [0.25, 0.3) is 5.82 Å². The van der Waals surface area contributed by atoms with Crippen LogP contribution in [-0.4, -0.2) is 20.3 Å². The van der Waals surface area contributed by atoms with Crippen LogP contribution in [0.4, 0.5) is 0 Å². The summed E-state index contributed by atoms with van der Waals surface area (Å²) in [4.78, 5) is 4.50. The van der Waals surface area contributed by atoms with E-state index in [1.165, 1.54) is 24.1 Å². The van der Waals surface area contributed by atoms with Crippen molar-refractivity contribution in [1.29, 1.82) is 0 Å². The zero-order chi connectivity index (χ0) is 14.2. The lowest BCUT2D eigenvalue weighted by molar-refractivity contribution is 0.424. The van der Waals surface area contributed by atoms with Gasteiger partial charge in [-0.1, -0.05) is 6.07 Å². The first-order valence-electron chi connectivity index (χ1n) is 7.27. The minimum atomic E-state index is 0.125. The van der Waals surface area contributed by atoms with Gasteiger partial charge in [0.1, 0.15) is 0 Å². The Morgan fingerprint density at radius 2 is 2.05 bits per heavy atom. The molecule has 0 aromatic carbocycles. The molecule has 1 N–H and O–H groups in total. The van der Waals surface area contributed by atoms with E-state index in [9.17, 15) is 0 Å². The van der Waals surface area contributed by atoms with Gasteiger partial charge in [0.05, 0.1) is 5.69 Å². The fourth-order valence-electron chi connectivity index (χ4n) is 2.09. The molecule has 0 aliphatic heterocycles. The normalized spacial score (nSPS) is 15.6. The summed E-state index contributed by atoms with van der Waals surface area (Å²) < 4.78 is 1.87. The quantitative estimate of drug-likeness (QED) is 0.928. The smallest absolute Gasteiger partial charge is 0.153 e. The van der Waals surface area contributed by atoms with Gasteiger partial charge in [0.25, 0.3) is 0 Å². The molecular formula is C16H22N4. The van der Waals surface area contributed by atoms with Gasteiger partial charge in [-0.3, -0.25) is 0 Å². The lowest BCUT2D eigenvalue weighted by atomic mass is 10.1. The van der Waals surface area contributed by atoms with Crippen LogP contribution in [0, 0.1) is 0 Å². The molecule has 1 saturated carbocycles. The number of nitrogens with one attached hydrogen (secondary N) is 1. The van der Waals surface area contributed by atoms with Crippen molar-refractivity contribution in [2.45, 2.75) is 51.6 Å². The van der Waals surface area contributed by atoms with Crippen LogP contribution < -0.4 is 5.32 Å². The first-order valence-corrected chi connectivity index (χ1v) is 7.27. The van der Waals surface area contributed by atoms with Crippen molar-refractivity contribution in [2.24, 2.45) is 0 Å². The van der Waals surface area contributed by atoms with Crippen molar-refractivity contribution in [3.63, 3.8) is 0 Å². The average Bonchev–Trinajstić information content (AvgIpc) is 3.14. The molecule has 0 atom stereocenters. The minimum Gasteiger partial charge on any atom is -0.308 e. The first-order chi connectivity index (χ1) is 9.51. The largest absolute Gasteiger partial charge is 0.308 e. The third-order valence-electron chi connectivity index (χ3n) is 3.47. The Hall–Kier alpha value is -1.68. The van der Waals surface area contributed by atoms with Crippen molar-refractivity contribution in [3.8, 4) is 5.82 Å². The molecule has 0 spiro atoms. The summed E-state index contributed by atoms with van der Waals surface area (Å²) in [5, 5.41) is 8.06. The van der Waals surface area contributed by atoms with Gasteiger partial charge in [-0.25, -0.2) is 9.67 Å². The zero-order valence-corrected chi connectivity index (χ0v) is 12.4. The third-order valence-corrected chi connectivity index (χ3v) is 3.47. The molecule has 20 heavy (non-hydrogen) atoms. The SMILES string of the molecule is CC(C)(C)NCc1ccc(-n2ccc(C3CC3)n2)nc1. The van der Waals surface area contributed by atoms with E-state index >= 15 is 0 Å². The molecular weight excluding hydrogens is 248 g/mol. The van der Waals surface area contributed by atoms with Crippen LogP contribution in [-0.2, 0) is 6.54 Å².